The van der Waals surface area contributed by atoms with Crippen LogP contribution >= 0.6 is 0 Å². The van der Waals surface area contributed by atoms with Gasteiger partial charge in [0.25, 0.3) is 0 Å². The van der Waals surface area contributed by atoms with Crippen LogP contribution in [0, 0.1) is 0 Å². The summed E-state index contributed by atoms with van der Waals surface area (Å²) in [5, 5.41) is 0. The van der Waals surface area contributed by atoms with Crippen molar-refractivity contribution in [3.8, 4) is 0 Å². The van der Waals surface area contributed by atoms with Crippen molar-refractivity contribution < 1.29 is 0 Å². The Balaban J connectivity index is 3.56. The van der Waals surface area contributed by atoms with E-state index in [1.807, 2.05) is 0 Å². The van der Waals surface area contributed by atoms with Crippen LogP contribution in [0.2, 0.25) is 0 Å². The van der Waals surface area contributed by atoms with Crippen molar-refractivity contribution in [3.63, 3.8) is 0 Å². The van der Waals surface area contributed by atoms with Crippen molar-refractivity contribution in [2.45, 2.75) is 41.5 Å². The highest BCUT2D eigenvalue weighted by atomic mass is 15.3. The summed E-state index contributed by atoms with van der Waals surface area (Å²) in [7, 11) is 0. The molecule has 0 aliphatic carbocycles. The van der Waals surface area contributed by atoms with Crippen molar-refractivity contribution in [1.82, 2.24) is 14.2 Å². The molecule has 0 bridgehead atoms. The minimum atomic E-state index is 0.159. The van der Waals surface area contributed by atoms with Gasteiger partial charge in [0, 0.05) is 0 Å². The van der Waals surface area contributed by atoms with Gasteiger partial charge in [-0.05, 0) is 60.1 Å². The van der Waals surface area contributed by atoms with Gasteiger partial charge < -0.3 is 14.2 Å². The molecule has 126 valence electrons. The quantitative estimate of drug-likeness (QED) is 0.675. The van der Waals surface area contributed by atoms with Gasteiger partial charge in [-0.1, -0.05) is 54.4 Å². The predicted octanol–water partition coefficient (Wildman–Crippen LogP) is 4.32. The van der Waals surface area contributed by atoms with E-state index in [-0.39, 0.29) is 20.9 Å². The fourth-order valence-corrected chi connectivity index (χ4v) is 3.09. The topological polar surface area (TPSA) is 9.72 Å². The minimum Gasteiger partial charge on any atom is -0.424 e. The Labute approximate surface area is 150 Å². The Morgan fingerprint density at radius 1 is 0.417 bits per heavy atom. The third-order valence-corrected chi connectivity index (χ3v) is 3.89. The molecule has 6 heteroatoms. The lowest BCUT2D eigenvalue weighted by molar-refractivity contribution is 0.626. The van der Waals surface area contributed by atoms with E-state index in [9.17, 15) is 0 Å². The summed E-state index contributed by atoms with van der Waals surface area (Å²) < 4.78 is 7.12. The molecule has 1 aliphatic rings. The van der Waals surface area contributed by atoms with E-state index in [4.69, 9.17) is 0 Å². The van der Waals surface area contributed by atoms with E-state index in [2.05, 4.69) is 129 Å². The Bertz CT molecular complexity index is 402. The van der Waals surface area contributed by atoms with Crippen molar-refractivity contribution in [2.75, 3.05) is 0 Å². The number of rotatable bonds is 6. The molecule has 0 spiro atoms. The van der Waals surface area contributed by atoms with Gasteiger partial charge in [0.1, 0.15) is 0 Å². The minimum absolute atomic E-state index is 0.159. The molecular formula is C18H30B3N3. The smallest absolute Gasteiger partial charge is 0.380 e. The first-order valence-electron chi connectivity index (χ1n) is 8.79. The zero-order valence-electron chi connectivity index (χ0n) is 16.0. The van der Waals surface area contributed by atoms with E-state index < -0.39 is 0 Å². The third kappa shape index (κ3) is 4.53. The zero-order valence-corrected chi connectivity index (χ0v) is 16.0. The fraction of sp³-hybridized carbons (Fsp3) is 0.333. The maximum absolute atomic E-state index is 2.38. The highest BCUT2D eigenvalue weighted by molar-refractivity contribution is 6.91. The lowest BCUT2D eigenvalue weighted by Gasteiger charge is -2.51. The van der Waals surface area contributed by atoms with Crippen molar-refractivity contribution in [1.29, 1.82) is 0 Å². The van der Waals surface area contributed by atoms with Crippen LogP contribution in [-0.4, -0.2) is 35.1 Å². The molecule has 1 saturated heterocycles. The summed E-state index contributed by atoms with van der Waals surface area (Å²) in [5.74, 6) is 6.75. The Morgan fingerprint density at radius 3 is 0.833 bits per heavy atom. The summed E-state index contributed by atoms with van der Waals surface area (Å²) >= 11 is 0. The van der Waals surface area contributed by atoms with Crippen LogP contribution in [0.25, 0.3) is 0 Å². The van der Waals surface area contributed by atoms with Crippen LogP contribution in [0.1, 0.15) is 41.5 Å². The normalized spacial score (nSPS) is 17.8. The van der Waals surface area contributed by atoms with Crippen LogP contribution in [0.5, 0.6) is 0 Å². The summed E-state index contributed by atoms with van der Waals surface area (Å²) in [6, 6.07) is 0. The standard InChI is InChI=1S/C18H30B3N3/c1-7-13-19-22(16-10-4)20(14-8-2)24(18-12-6)21(15-9-3)23(19)17-11-5/h7-18H,1-6H3/b13-7-,14-8-,15-9-,16-10-,17-11-,18-12-. The van der Waals surface area contributed by atoms with Gasteiger partial charge in [-0.25, -0.2) is 0 Å². The molecule has 1 rings (SSSR count). The molecule has 0 aromatic rings. The number of hydrogen-bond donors (Lipinski definition) is 0. The maximum Gasteiger partial charge on any atom is 0.380 e. The molecule has 0 amide bonds. The number of hydrogen-bond acceptors (Lipinski definition) is 3. The molecule has 0 saturated carbocycles. The van der Waals surface area contributed by atoms with E-state index in [0.717, 1.165) is 0 Å². The Hall–Kier alpha value is -1.97. The average molecular weight is 321 g/mol. The molecule has 1 aliphatic heterocycles. The van der Waals surface area contributed by atoms with E-state index in [1.54, 1.807) is 0 Å². The first-order chi connectivity index (χ1) is 11.7. The fourth-order valence-electron chi connectivity index (χ4n) is 3.09. The Kier molecular flexibility index (Phi) is 8.99. The molecule has 0 radical (unpaired) electrons. The first-order valence-corrected chi connectivity index (χ1v) is 8.79. The van der Waals surface area contributed by atoms with Gasteiger partial charge in [0.05, 0.1) is 0 Å². The molecule has 0 aromatic carbocycles. The summed E-state index contributed by atoms with van der Waals surface area (Å²) in [6.07, 6.45) is 19.2. The highest BCUT2D eigenvalue weighted by Crippen LogP contribution is 2.23. The van der Waals surface area contributed by atoms with Crippen LogP contribution in [-0.2, 0) is 0 Å². The summed E-state index contributed by atoms with van der Waals surface area (Å²) in [5.41, 5.74) is 0. The maximum atomic E-state index is 2.38. The average Bonchev–Trinajstić information content (AvgIpc) is 2.57. The van der Waals surface area contributed by atoms with Gasteiger partial charge in [-0.3, -0.25) is 0 Å². The van der Waals surface area contributed by atoms with Gasteiger partial charge in [-0.2, -0.15) is 0 Å². The van der Waals surface area contributed by atoms with Crippen molar-refractivity contribution >= 4 is 20.9 Å². The molecule has 3 nitrogen and oxygen atoms in total. The molecule has 0 atom stereocenters. The largest absolute Gasteiger partial charge is 0.424 e. The third-order valence-electron chi connectivity index (χ3n) is 3.89. The van der Waals surface area contributed by atoms with E-state index in [1.165, 1.54) is 0 Å². The lowest BCUT2D eigenvalue weighted by Crippen LogP contribution is -2.72. The van der Waals surface area contributed by atoms with E-state index >= 15 is 0 Å². The van der Waals surface area contributed by atoms with Crippen molar-refractivity contribution in [3.05, 3.63) is 73.0 Å². The second-order valence-electron chi connectivity index (χ2n) is 5.61. The van der Waals surface area contributed by atoms with Gasteiger partial charge in [0.2, 0.25) is 0 Å². The van der Waals surface area contributed by atoms with Gasteiger partial charge in [-0.15, -0.1) is 0 Å². The first kappa shape index (κ1) is 20.1. The van der Waals surface area contributed by atoms with Crippen LogP contribution in [0.15, 0.2) is 73.0 Å². The van der Waals surface area contributed by atoms with Crippen LogP contribution in [0.3, 0.4) is 0 Å². The molecule has 0 aromatic heterocycles. The molecule has 0 unspecified atom stereocenters. The SMILES string of the molecule is C/C=C\B1N(/C=C\C)B(/C=C\C)N(/C=C\C)B(/C=C\C)N1/C=C\C. The van der Waals surface area contributed by atoms with Crippen LogP contribution in [0.4, 0.5) is 0 Å². The van der Waals surface area contributed by atoms with Crippen LogP contribution < -0.4 is 0 Å². The molecule has 1 fully saturated rings. The zero-order chi connectivity index (χ0) is 17.9. The van der Waals surface area contributed by atoms with Gasteiger partial charge >= 0.3 is 20.9 Å². The summed E-state index contributed by atoms with van der Waals surface area (Å²) in [6.45, 7) is 12.9. The number of nitrogens with zero attached hydrogens (tertiary/aromatic N) is 3. The van der Waals surface area contributed by atoms with Gasteiger partial charge in [0.15, 0.2) is 0 Å². The molecular weight excluding hydrogens is 291 g/mol. The second-order valence-corrected chi connectivity index (χ2v) is 5.61. The second kappa shape index (κ2) is 10.7. The molecule has 24 heavy (non-hydrogen) atoms. The molecule has 0 N–H and O–H groups in total. The lowest BCUT2D eigenvalue weighted by atomic mass is 9.43. The highest BCUT2D eigenvalue weighted by Gasteiger charge is 2.47. The Morgan fingerprint density at radius 2 is 0.667 bits per heavy atom. The van der Waals surface area contributed by atoms with Crippen molar-refractivity contribution in [2.24, 2.45) is 0 Å². The predicted molar refractivity (Wildman–Crippen MR) is 112 cm³/mol. The number of allylic oxidation sites excluding steroid dienone is 6. The summed E-state index contributed by atoms with van der Waals surface area (Å²) in [4.78, 5) is 0. The monoisotopic (exact) mass is 321 g/mol. The molecule has 1 heterocycles. The van der Waals surface area contributed by atoms with E-state index in [0.29, 0.717) is 0 Å².